The molecule has 0 saturated carbocycles. The minimum atomic E-state index is -0.212. The van der Waals surface area contributed by atoms with Gasteiger partial charge in [-0.3, -0.25) is 9.59 Å². The zero-order valence-corrected chi connectivity index (χ0v) is 9.13. The summed E-state index contributed by atoms with van der Waals surface area (Å²) in [7, 11) is 0. The second-order valence-electron chi connectivity index (χ2n) is 3.05. The van der Waals surface area contributed by atoms with Crippen molar-refractivity contribution in [1.82, 2.24) is 0 Å². The summed E-state index contributed by atoms with van der Waals surface area (Å²) in [4.78, 5) is 20.4. The van der Waals surface area contributed by atoms with E-state index in [1.54, 1.807) is 0 Å². The van der Waals surface area contributed by atoms with Gasteiger partial charge < -0.3 is 4.74 Å². The monoisotopic (exact) mass is 198 g/mol. The molecule has 0 N–H and O–H groups in total. The van der Waals surface area contributed by atoms with Crippen LogP contribution in [-0.2, 0) is 14.3 Å². The first-order chi connectivity index (χ1) is 6.60. The van der Waals surface area contributed by atoms with Gasteiger partial charge in [0.25, 0.3) is 0 Å². The number of carbonyl (C=O) groups excluding carboxylic acids is 2. The van der Waals surface area contributed by atoms with Gasteiger partial charge in [-0.2, -0.15) is 0 Å². The molecule has 1 aliphatic rings. The smallest absolute Gasteiger partial charge is 0.307 e. The summed E-state index contributed by atoms with van der Waals surface area (Å²) in [6.45, 7) is 5.18. The number of ether oxygens (including phenoxy) is 1. The zero-order chi connectivity index (χ0) is 11.0. The first-order valence-corrected chi connectivity index (χ1v) is 4.99. The highest BCUT2D eigenvalue weighted by Gasteiger charge is 2.07. The average molecular weight is 198 g/mol. The highest BCUT2D eigenvalue weighted by atomic mass is 16.5. The van der Waals surface area contributed by atoms with Crippen LogP contribution in [0.15, 0.2) is 11.8 Å². The van der Waals surface area contributed by atoms with E-state index in [1.807, 2.05) is 19.9 Å². The Balaban J connectivity index is 0.000000255. The van der Waals surface area contributed by atoms with E-state index in [0.717, 1.165) is 18.6 Å². The van der Waals surface area contributed by atoms with Crippen LogP contribution in [0.4, 0.5) is 0 Å². The van der Waals surface area contributed by atoms with Gasteiger partial charge in [-0.15, -0.1) is 0 Å². The summed E-state index contributed by atoms with van der Waals surface area (Å²) < 4.78 is 4.71. The third kappa shape index (κ3) is 6.40. The minimum absolute atomic E-state index is 0.212. The number of rotatable bonds is 3. The van der Waals surface area contributed by atoms with Gasteiger partial charge in [-0.05, 0) is 12.5 Å². The van der Waals surface area contributed by atoms with Gasteiger partial charge in [0, 0.05) is 26.2 Å². The number of hydrogen-bond acceptors (Lipinski definition) is 3. The SMILES string of the molecule is CC(=O)OC1=CCC1.CCC(=O)CC. The maximum Gasteiger partial charge on any atom is 0.307 e. The van der Waals surface area contributed by atoms with Crippen molar-refractivity contribution in [3.8, 4) is 0 Å². The molecule has 0 heterocycles. The van der Waals surface area contributed by atoms with Crippen LogP contribution < -0.4 is 0 Å². The molecule has 0 fully saturated rings. The first-order valence-electron chi connectivity index (χ1n) is 4.99. The molecule has 0 bridgehead atoms. The van der Waals surface area contributed by atoms with Crippen LogP contribution in [0.25, 0.3) is 0 Å². The van der Waals surface area contributed by atoms with Gasteiger partial charge in [0.1, 0.15) is 11.5 Å². The molecule has 3 heteroatoms. The number of esters is 1. The third-order valence-corrected chi connectivity index (χ3v) is 1.83. The standard InChI is InChI=1S/C6H8O2.C5H10O/c1-5(7)8-6-3-2-4-6;1-3-5(6)4-2/h3H,2,4H2,1H3;3-4H2,1-2H3. The first kappa shape index (κ1) is 12.9. The van der Waals surface area contributed by atoms with Crippen molar-refractivity contribution in [2.24, 2.45) is 0 Å². The Morgan fingerprint density at radius 3 is 1.93 bits per heavy atom. The predicted octanol–water partition coefficient (Wildman–Crippen LogP) is 2.60. The van der Waals surface area contributed by atoms with Crippen molar-refractivity contribution < 1.29 is 14.3 Å². The van der Waals surface area contributed by atoms with Crippen LogP contribution >= 0.6 is 0 Å². The van der Waals surface area contributed by atoms with Crippen molar-refractivity contribution in [3.63, 3.8) is 0 Å². The quantitative estimate of drug-likeness (QED) is 0.655. The Kier molecular flexibility index (Phi) is 6.72. The second kappa shape index (κ2) is 7.30. The fourth-order valence-corrected chi connectivity index (χ4v) is 0.789. The molecule has 0 aromatic carbocycles. The maximum atomic E-state index is 10.2. The summed E-state index contributed by atoms with van der Waals surface area (Å²) in [6, 6.07) is 0. The Hall–Kier alpha value is -1.12. The molecule has 0 aromatic heterocycles. The average Bonchev–Trinajstić information content (AvgIpc) is 2.11. The van der Waals surface area contributed by atoms with E-state index in [4.69, 9.17) is 4.74 Å². The van der Waals surface area contributed by atoms with Crippen molar-refractivity contribution in [2.45, 2.75) is 46.5 Å². The van der Waals surface area contributed by atoms with Crippen molar-refractivity contribution >= 4 is 11.8 Å². The lowest BCUT2D eigenvalue weighted by Gasteiger charge is -2.11. The Morgan fingerprint density at radius 1 is 1.36 bits per heavy atom. The van der Waals surface area contributed by atoms with Crippen LogP contribution in [0.3, 0.4) is 0 Å². The summed E-state index contributed by atoms with van der Waals surface area (Å²) in [5.41, 5.74) is 0. The summed E-state index contributed by atoms with van der Waals surface area (Å²) in [5.74, 6) is 0.962. The molecule has 0 aromatic rings. The van der Waals surface area contributed by atoms with Crippen molar-refractivity contribution in [1.29, 1.82) is 0 Å². The van der Waals surface area contributed by atoms with Crippen LogP contribution in [0.5, 0.6) is 0 Å². The molecular formula is C11H18O3. The number of Topliss-reactive ketones (excluding diaryl/α,β-unsaturated/α-hetero) is 1. The van der Waals surface area contributed by atoms with Crippen LogP contribution in [-0.4, -0.2) is 11.8 Å². The molecule has 1 rings (SSSR count). The van der Waals surface area contributed by atoms with E-state index in [9.17, 15) is 9.59 Å². The Morgan fingerprint density at radius 2 is 1.86 bits per heavy atom. The fourth-order valence-electron chi connectivity index (χ4n) is 0.789. The molecule has 0 saturated heterocycles. The van der Waals surface area contributed by atoms with Crippen LogP contribution in [0.1, 0.15) is 46.5 Å². The molecule has 0 radical (unpaired) electrons. The van der Waals surface area contributed by atoms with Crippen molar-refractivity contribution in [3.05, 3.63) is 11.8 Å². The molecule has 0 amide bonds. The molecule has 1 aliphatic carbocycles. The summed E-state index contributed by atoms with van der Waals surface area (Å²) in [5, 5.41) is 0. The largest absolute Gasteiger partial charge is 0.432 e. The van der Waals surface area contributed by atoms with E-state index in [2.05, 4.69) is 0 Å². The van der Waals surface area contributed by atoms with Crippen molar-refractivity contribution in [2.75, 3.05) is 0 Å². The number of ketones is 1. The van der Waals surface area contributed by atoms with Gasteiger partial charge in [-0.25, -0.2) is 0 Å². The molecule has 0 spiro atoms. The van der Waals surface area contributed by atoms with E-state index in [0.29, 0.717) is 18.6 Å². The van der Waals surface area contributed by atoms with Crippen LogP contribution in [0.2, 0.25) is 0 Å². The highest BCUT2D eigenvalue weighted by Crippen LogP contribution is 2.18. The molecule has 14 heavy (non-hydrogen) atoms. The molecule has 0 atom stereocenters. The van der Waals surface area contributed by atoms with Gasteiger partial charge in [0.15, 0.2) is 0 Å². The van der Waals surface area contributed by atoms with E-state index >= 15 is 0 Å². The van der Waals surface area contributed by atoms with E-state index in [-0.39, 0.29) is 5.97 Å². The number of allylic oxidation sites excluding steroid dienone is 2. The topological polar surface area (TPSA) is 43.4 Å². The summed E-state index contributed by atoms with van der Waals surface area (Å²) in [6.07, 6.45) is 5.29. The molecule has 80 valence electrons. The fraction of sp³-hybridized carbons (Fsp3) is 0.636. The van der Waals surface area contributed by atoms with Gasteiger partial charge in [-0.1, -0.05) is 13.8 Å². The second-order valence-corrected chi connectivity index (χ2v) is 3.05. The number of hydrogen-bond donors (Lipinski definition) is 0. The van der Waals surface area contributed by atoms with Gasteiger partial charge in [0.2, 0.25) is 0 Å². The lowest BCUT2D eigenvalue weighted by atomic mass is 10.1. The minimum Gasteiger partial charge on any atom is -0.432 e. The maximum absolute atomic E-state index is 10.2. The summed E-state index contributed by atoms with van der Waals surface area (Å²) >= 11 is 0. The Labute approximate surface area is 85.1 Å². The predicted molar refractivity (Wildman–Crippen MR) is 54.7 cm³/mol. The molecule has 0 aliphatic heterocycles. The lowest BCUT2D eigenvalue weighted by molar-refractivity contribution is -0.137. The highest BCUT2D eigenvalue weighted by molar-refractivity contribution is 5.77. The van der Waals surface area contributed by atoms with Gasteiger partial charge >= 0.3 is 5.97 Å². The zero-order valence-electron chi connectivity index (χ0n) is 9.13. The Bertz CT molecular complexity index is 223. The molecule has 0 unspecified atom stereocenters. The van der Waals surface area contributed by atoms with Crippen LogP contribution in [0, 0.1) is 0 Å². The lowest BCUT2D eigenvalue weighted by Crippen LogP contribution is -2.03. The molecule has 3 nitrogen and oxygen atoms in total. The van der Waals surface area contributed by atoms with E-state index in [1.165, 1.54) is 6.92 Å². The molecular weight excluding hydrogens is 180 g/mol. The normalized spacial score (nSPS) is 12.9. The van der Waals surface area contributed by atoms with Gasteiger partial charge in [0.05, 0.1) is 0 Å². The number of carbonyl (C=O) groups is 2. The van der Waals surface area contributed by atoms with E-state index < -0.39 is 0 Å². The third-order valence-electron chi connectivity index (χ3n) is 1.83.